The number of aryl methyl sites for hydroxylation is 1. The molecule has 2 heterocycles. The van der Waals surface area contributed by atoms with Crippen molar-refractivity contribution in [1.29, 1.82) is 0 Å². The lowest BCUT2D eigenvalue weighted by atomic mass is 10.2. The Morgan fingerprint density at radius 2 is 2.00 bits per heavy atom. The molecular formula is C15H13NOS2. The number of thiophene rings is 1. The molecule has 3 aromatic rings. The van der Waals surface area contributed by atoms with E-state index < -0.39 is 0 Å². The number of para-hydroxylation sites is 1. The van der Waals surface area contributed by atoms with E-state index in [1.807, 2.05) is 36.4 Å². The SMILES string of the molecule is CCc1ccc(C(=O)Cc2nc3ccccc3s2)s1. The summed E-state index contributed by atoms with van der Waals surface area (Å²) in [7, 11) is 0. The van der Waals surface area contributed by atoms with Crippen LogP contribution in [0.4, 0.5) is 0 Å². The van der Waals surface area contributed by atoms with E-state index >= 15 is 0 Å². The predicted molar refractivity (Wildman–Crippen MR) is 81.4 cm³/mol. The third-order valence-electron chi connectivity index (χ3n) is 2.93. The molecule has 0 radical (unpaired) electrons. The Hall–Kier alpha value is -1.52. The van der Waals surface area contributed by atoms with E-state index in [1.54, 1.807) is 22.7 Å². The van der Waals surface area contributed by atoms with Gasteiger partial charge in [-0.2, -0.15) is 0 Å². The van der Waals surface area contributed by atoms with Gasteiger partial charge in [0, 0.05) is 4.88 Å². The van der Waals surface area contributed by atoms with Gasteiger partial charge in [-0.05, 0) is 30.7 Å². The first-order valence-electron chi connectivity index (χ1n) is 6.22. The van der Waals surface area contributed by atoms with Crippen LogP contribution in [0.15, 0.2) is 36.4 Å². The standard InChI is InChI=1S/C15H13NOS2/c1-2-10-7-8-14(18-10)12(17)9-15-16-11-5-3-4-6-13(11)19-15/h3-8H,2,9H2,1H3. The molecule has 0 spiro atoms. The summed E-state index contributed by atoms with van der Waals surface area (Å²) in [5.41, 5.74) is 0.982. The topological polar surface area (TPSA) is 30.0 Å². The first kappa shape index (κ1) is 12.5. The highest BCUT2D eigenvalue weighted by atomic mass is 32.1. The van der Waals surface area contributed by atoms with Crippen molar-refractivity contribution in [1.82, 2.24) is 4.98 Å². The highest BCUT2D eigenvalue weighted by Gasteiger charge is 2.12. The first-order chi connectivity index (χ1) is 9.26. The van der Waals surface area contributed by atoms with Gasteiger partial charge in [0.25, 0.3) is 0 Å². The fourth-order valence-corrected chi connectivity index (χ4v) is 3.79. The fourth-order valence-electron chi connectivity index (χ4n) is 1.94. The van der Waals surface area contributed by atoms with Crippen LogP contribution in [0.5, 0.6) is 0 Å². The number of rotatable bonds is 4. The minimum absolute atomic E-state index is 0.170. The summed E-state index contributed by atoms with van der Waals surface area (Å²) >= 11 is 3.20. The summed E-state index contributed by atoms with van der Waals surface area (Å²) in [5.74, 6) is 0.170. The molecule has 3 rings (SSSR count). The monoisotopic (exact) mass is 287 g/mol. The summed E-state index contributed by atoms with van der Waals surface area (Å²) in [6.07, 6.45) is 1.39. The normalized spacial score (nSPS) is 11.0. The smallest absolute Gasteiger partial charge is 0.179 e. The molecule has 0 unspecified atom stereocenters. The molecule has 0 atom stereocenters. The summed E-state index contributed by atoms with van der Waals surface area (Å²) in [5, 5.41) is 0.901. The van der Waals surface area contributed by atoms with Crippen molar-refractivity contribution in [3.8, 4) is 0 Å². The molecule has 0 amide bonds. The van der Waals surface area contributed by atoms with Crippen LogP contribution in [0.25, 0.3) is 10.2 Å². The number of carbonyl (C=O) groups excluding carboxylic acids is 1. The van der Waals surface area contributed by atoms with Crippen molar-refractivity contribution >= 4 is 38.7 Å². The molecule has 96 valence electrons. The maximum Gasteiger partial charge on any atom is 0.179 e. The third-order valence-corrected chi connectivity index (χ3v) is 5.24. The van der Waals surface area contributed by atoms with Gasteiger partial charge in [0.1, 0.15) is 5.01 Å². The molecular weight excluding hydrogens is 274 g/mol. The second-order valence-electron chi connectivity index (χ2n) is 4.29. The number of ketones is 1. The Bertz CT molecular complexity index is 693. The maximum atomic E-state index is 12.2. The molecule has 2 nitrogen and oxygen atoms in total. The molecule has 0 aliphatic carbocycles. The number of hydrogen-bond acceptors (Lipinski definition) is 4. The van der Waals surface area contributed by atoms with Crippen molar-refractivity contribution in [3.05, 3.63) is 51.2 Å². The van der Waals surface area contributed by atoms with Crippen molar-refractivity contribution < 1.29 is 4.79 Å². The second kappa shape index (κ2) is 5.23. The van der Waals surface area contributed by atoms with Crippen molar-refractivity contribution in [2.45, 2.75) is 19.8 Å². The molecule has 2 aromatic heterocycles. The minimum Gasteiger partial charge on any atom is -0.293 e. The Labute approximate surface area is 119 Å². The van der Waals surface area contributed by atoms with Gasteiger partial charge in [0.05, 0.1) is 21.5 Å². The second-order valence-corrected chi connectivity index (χ2v) is 6.58. The Kier molecular flexibility index (Phi) is 3.44. The lowest BCUT2D eigenvalue weighted by molar-refractivity contribution is 0.0997. The first-order valence-corrected chi connectivity index (χ1v) is 7.86. The van der Waals surface area contributed by atoms with Gasteiger partial charge < -0.3 is 0 Å². The van der Waals surface area contributed by atoms with Crippen molar-refractivity contribution in [2.24, 2.45) is 0 Å². The van der Waals surface area contributed by atoms with Gasteiger partial charge >= 0.3 is 0 Å². The summed E-state index contributed by atoms with van der Waals surface area (Å²) < 4.78 is 1.14. The number of nitrogens with zero attached hydrogens (tertiary/aromatic N) is 1. The van der Waals surface area contributed by atoms with E-state index in [2.05, 4.69) is 11.9 Å². The quantitative estimate of drug-likeness (QED) is 0.668. The molecule has 0 N–H and O–H groups in total. The molecule has 0 fully saturated rings. The zero-order chi connectivity index (χ0) is 13.2. The van der Waals surface area contributed by atoms with Crippen LogP contribution < -0.4 is 0 Å². The van der Waals surface area contributed by atoms with Crippen molar-refractivity contribution in [2.75, 3.05) is 0 Å². The minimum atomic E-state index is 0.170. The molecule has 19 heavy (non-hydrogen) atoms. The van der Waals surface area contributed by atoms with Gasteiger partial charge in [-0.15, -0.1) is 22.7 Å². The Morgan fingerprint density at radius 3 is 2.74 bits per heavy atom. The third kappa shape index (κ3) is 2.60. The number of hydrogen-bond donors (Lipinski definition) is 0. The van der Waals surface area contributed by atoms with Crippen LogP contribution in [-0.2, 0) is 12.8 Å². The van der Waals surface area contributed by atoms with E-state index in [0.29, 0.717) is 6.42 Å². The van der Waals surface area contributed by atoms with Crippen LogP contribution in [-0.4, -0.2) is 10.8 Å². The highest BCUT2D eigenvalue weighted by Crippen LogP contribution is 2.24. The lowest BCUT2D eigenvalue weighted by Crippen LogP contribution is -2.00. The highest BCUT2D eigenvalue weighted by molar-refractivity contribution is 7.18. The van der Waals surface area contributed by atoms with Gasteiger partial charge in [0.2, 0.25) is 0 Å². The van der Waals surface area contributed by atoms with Crippen LogP contribution >= 0.6 is 22.7 Å². The fraction of sp³-hybridized carbons (Fsp3) is 0.200. The molecule has 0 aliphatic rings. The summed E-state index contributed by atoms with van der Waals surface area (Å²) in [4.78, 5) is 18.8. The number of thiazole rings is 1. The predicted octanol–water partition coefficient (Wildman–Crippen LogP) is 4.35. The molecule has 4 heteroatoms. The maximum absolute atomic E-state index is 12.2. The van der Waals surface area contributed by atoms with Gasteiger partial charge in [-0.3, -0.25) is 4.79 Å². The average molecular weight is 287 g/mol. The van der Waals surface area contributed by atoms with E-state index in [9.17, 15) is 4.79 Å². The van der Waals surface area contributed by atoms with Crippen LogP contribution in [0.2, 0.25) is 0 Å². The Balaban J connectivity index is 1.82. The summed E-state index contributed by atoms with van der Waals surface area (Å²) in [6, 6.07) is 12.0. The van der Waals surface area contributed by atoms with Gasteiger partial charge in [-0.25, -0.2) is 4.98 Å². The largest absolute Gasteiger partial charge is 0.293 e. The molecule has 1 aromatic carbocycles. The number of carbonyl (C=O) groups is 1. The van der Waals surface area contributed by atoms with E-state index in [-0.39, 0.29) is 5.78 Å². The lowest BCUT2D eigenvalue weighted by Gasteiger charge is -1.93. The van der Waals surface area contributed by atoms with Crippen LogP contribution in [0.1, 0.15) is 26.5 Å². The van der Waals surface area contributed by atoms with Crippen molar-refractivity contribution in [3.63, 3.8) is 0 Å². The number of benzene rings is 1. The molecule has 0 saturated carbocycles. The van der Waals surface area contributed by atoms with E-state index in [4.69, 9.17) is 0 Å². The van der Waals surface area contributed by atoms with E-state index in [1.165, 1.54) is 4.88 Å². The van der Waals surface area contributed by atoms with Gasteiger partial charge in [-0.1, -0.05) is 19.1 Å². The van der Waals surface area contributed by atoms with Crippen LogP contribution in [0.3, 0.4) is 0 Å². The summed E-state index contributed by atoms with van der Waals surface area (Å²) in [6.45, 7) is 2.10. The zero-order valence-corrected chi connectivity index (χ0v) is 12.2. The number of fused-ring (bicyclic) bond motifs is 1. The van der Waals surface area contributed by atoms with E-state index in [0.717, 1.165) is 26.5 Å². The van der Waals surface area contributed by atoms with Gasteiger partial charge in [0.15, 0.2) is 5.78 Å². The Morgan fingerprint density at radius 1 is 1.16 bits per heavy atom. The average Bonchev–Trinajstić information content (AvgIpc) is 3.04. The zero-order valence-electron chi connectivity index (χ0n) is 10.6. The van der Waals surface area contributed by atoms with Crippen LogP contribution in [0, 0.1) is 0 Å². The molecule has 0 saturated heterocycles. The number of Topliss-reactive ketones (excluding diaryl/α,β-unsaturated/α-hetero) is 1. The number of aromatic nitrogens is 1. The molecule has 0 aliphatic heterocycles. The molecule has 0 bridgehead atoms.